The van der Waals surface area contributed by atoms with Crippen molar-refractivity contribution < 1.29 is 14.2 Å². The van der Waals surface area contributed by atoms with Gasteiger partial charge in [-0.15, -0.1) is 4.68 Å². The van der Waals surface area contributed by atoms with Gasteiger partial charge < -0.3 is 15.0 Å². The molecule has 0 amide bonds. The molecule has 0 spiro atoms. The van der Waals surface area contributed by atoms with E-state index in [0.717, 1.165) is 16.8 Å². The van der Waals surface area contributed by atoms with Gasteiger partial charge in [0.15, 0.2) is 18.7 Å². The van der Waals surface area contributed by atoms with Crippen LogP contribution in [0.2, 0.25) is 0 Å². The molecule has 1 aromatic carbocycles. The molecule has 4 heterocycles. The van der Waals surface area contributed by atoms with E-state index in [1.807, 2.05) is 56.5 Å². The number of nitrogens with zero attached hydrogens (tertiary/aromatic N) is 7. The molecule has 12 heteroatoms. The van der Waals surface area contributed by atoms with Gasteiger partial charge >= 0.3 is 0 Å². The Morgan fingerprint density at radius 3 is 2.56 bits per heavy atom. The fourth-order valence-electron chi connectivity index (χ4n) is 4.77. The number of aromatic nitrogens is 7. The molecular weight excluding hydrogens is 527 g/mol. The number of halogens is 1. The fraction of sp³-hybridized carbons (Fsp3) is 0.310. The molecule has 0 aliphatic carbocycles. The van der Waals surface area contributed by atoms with Crippen LogP contribution in [0, 0.1) is 5.82 Å². The van der Waals surface area contributed by atoms with E-state index in [4.69, 9.17) is 0 Å². The number of aliphatic hydroxyl groups is 1. The van der Waals surface area contributed by atoms with Crippen molar-refractivity contribution in [3.05, 3.63) is 86.8 Å². The smallest absolute Gasteiger partial charge is 0.293 e. The van der Waals surface area contributed by atoms with Crippen LogP contribution in [0.4, 0.5) is 15.9 Å². The lowest BCUT2D eigenvalue weighted by Crippen LogP contribution is -2.37. The summed E-state index contributed by atoms with van der Waals surface area (Å²) < 4.78 is 21.5. The Kier molecular flexibility index (Phi) is 7.03. The molecule has 0 unspecified atom stereocenters. The summed E-state index contributed by atoms with van der Waals surface area (Å²) >= 11 is 0. The van der Waals surface area contributed by atoms with Crippen LogP contribution in [-0.2, 0) is 32.7 Å². The first-order valence-electron chi connectivity index (χ1n) is 13.1. The van der Waals surface area contributed by atoms with Crippen LogP contribution in [0.25, 0.3) is 27.8 Å². The van der Waals surface area contributed by atoms with Gasteiger partial charge in [-0.2, -0.15) is 14.5 Å². The average molecular weight is 560 g/mol. The normalized spacial score (nSPS) is 11.8. The molecule has 0 bridgehead atoms. The predicted molar refractivity (Wildman–Crippen MR) is 153 cm³/mol. The number of pyridine rings is 1. The van der Waals surface area contributed by atoms with Crippen molar-refractivity contribution in [1.29, 1.82) is 0 Å². The Morgan fingerprint density at radius 2 is 1.90 bits per heavy atom. The topological polar surface area (TPSA) is 124 Å². The van der Waals surface area contributed by atoms with E-state index in [9.17, 15) is 14.7 Å². The lowest BCUT2D eigenvalue weighted by Gasteiger charge is -2.20. The third kappa shape index (κ3) is 5.02. The molecule has 2 N–H and O–H groups in total. The number of fused-ring (bicyclic) bond motifs is 1. The highest BCUT2D eigenvalue weighted by atomic mass is 19.1. The first-order valence-corrected chi connectivity index (χ1v) is 13.1. The van der Waals surface area contributed by atoms with Crippen LogP contribution in [0.3, 0.4) is 0 Å². The zero-order chi connectivity index (χ0) is 29.6. The summed E-state index contributed by atoms with van der Waals surface area (Å²) in [6, 6.07) is 4.75. The Hall–Kier alpha value is -4.71. The van der Waals surface area contributed by atoms with Crippen LogP contribution in [0.5, 0.6) is 0 Å². The Morgan fingerprint density at radius 1 is 1.15 bits per heavy atom. The molecule has 0 aliphatic heterocycles. The van der Waals surface area contributed by atoms with Crippen molar-refractivity contribution in [2.24, 2.45) is 14.1 Å². The van der Waals surface area contributed by atoms with E-state index in [-0.39, 0.29) is 33.6 Å². The molecule has 41 heavy (non-hydrogen) atoms. The quantitative estimate of drug-likeness (QED) is 0.307. The average Bonchev–Trinajstić information content (AvgIpc) is 3.28. The van der Waals surface area contributed by atoms with Gasteiger partial charge in [0.2, 0.25) is 6.20 Å². The molecule has 0 saturated heterocycles. The number of aliphatic hydroxyl groups excluding tert-OH is 1. The first-order chi connectivity index (χ1) is 19.4. The first kappa shape index (κ1) is 27.8. The maximum Gasteiger partial charge on any atom is 0.293 e. The second-order valence-electron chi connectivity index (χ2n) is 10.9. The Bertz CT molecular complexity index is 1920. The second-order valence-corrected chi connectivity index (χ2v) is 10.9. The summed E-state index contributed by atoms with van der Waals surface area (Å²) in [7, 11) is 3.49. The SMILES string of the molecule is CCn1cc(Nc2nc(-c3ccnc(-n4ncc5cc(C(C)(C)C)cc(F)c5c4=O)c3CO)cn(C)c2=O)c[n+]1C. The number of hydrogen-bond donors (Lipinski definition) is 2. The number of benzene rings is 1. The van der Waals surface area contributed by atoms with Crippen LogP contribution in [0.1, 0.15) is 38.8 Å². The lowest BCUT2D eigenvalue weighted by atomic mass is 9.86. The van der Waals surface area contributed by atoms with E-state index in [2.05, 4.69) is 20.4 Å². The van der Waals surface area contributed by atoms with E-state index < -0.39 is 18.0 Å². The van der Waals surface area contributed by atoms with Gasteiger partial charge in [-0.1, -0.05) is 20.8 Å². The van der Waals surface area contributed by atoms with Gasteiger partial charge in [0.1, 0.15) is 11.5 Å². The van der Waals surface area contributed by atoms with Gasteiger partial charge in [0, 0.05) is 36.0 Å². The Labute approximate surface area is 235 Å². The fourth-order valence-corrected chi connectivity index (χ4v) is 4.77. The molecule has 0 aliphatic rings. The molecular formula is C29H32FN8O3+. The minimum atomic E-state index is -0.705. The molecule has 0 fully saturated rings. The standard InChI is InChI=1S/C29H32FN8O3/c1-7-37-14-19(13-36(37)6)33-25-28(41)35(5)15-23(34-25)20-8-9-31-26(21(20)16-39)38-27(40)24-17(12-32-38)10-18(11-22(24)30)29(2,3)4/h8-15,39H,7,16H2,1-6H3,(H,33,34)/q+1. The van der Waals surface area contributed by atoms with E-state index >= 15 is 4.39 Å². The molecule has 5 aromatic rings. The maximum absolute atomic E-state index is 15.3. The zero-order valence-corrected chi connectivity index (χ0v) is 23.8. The van der Waals surface area contributed by atoms with Crippen LogP contribution >= 0.6 is 0 Å². The van der Waals surface area contributed by atoms with E-state index in [1.165, 1.54) is 29.2 Å². The predicted octanol–water partition coefficient (Wildman–Crippen LogP) is 2.86. The number of rotatable bonds is 6. The monoisotopic (exact) mass is 559 g/mol. The van der Waals surface area contributed by atoms with Gasteiger partial charge in [0.25, 0.3) is 11.1 Å². The third-order valence-electron chi connectivity index (χ3n) is 7.05. The molecule has 0 atom stereocenters. The van der Waals surface area contributed by atoms with Crippen LogP contribution < -0.4 is 21.1 Å². The molecule has 212 valence electrons. The summed E-state index contributed by atoms with van der Waals surface area (Å²) in [5, 5.41) is 18.0. The number of aryl methyl sites for hydroxylation is 3. The number of hydrogen-bond acceptors (Lipinski definition) is 7. The van der Waals surface area contributed by atoms with Crippen molar-refractivity contribution >= 4 is 22.3 Å². The van der Waals surface area contributed by atoms with Gasteiger partial charge in [-0.05, 0) is 36.1 Å². The minimum absolute atomic E-state index is 0.0356. The summed E-state index contributed by atoms with van der Waals surface area (Å²) in [6.45, 7) is 8.11. The highest BCUT2D eigenvalue weighted by molar-refractivity contribution is 5.82. The second kappa shape index (κ2) is 10.4. The van der Waals surface area contributed by atoms with E-state index in [1.54, 1.807) is 19.2 Å². The maximum atomic E-state index is 15.3. The Balaban J connectivity index is 1.64. The van der Waals surface area contributed by atoms with Crippen molar-refractivity contribution in [3.63, 3.8) is 0 Å². The van der Waals surface area contributed by atoms with Gasteiger partial charge in [-0.3, -0.25) is 9.59 Å². The van der Waals surface area contributed by atoms with Crippen LogP contribution in [0.15, 0.2) is 58.8 Å². The highest BCUT2D eigenvalue weighted by Crippen LogP contribution is 2.29. The number of anilines is 2. The van der Waals surface area contributed by atoms with Crippen LogP contribution in [-0.4, -0.2) is 34.1 Å². The van der Waals surface area contributed by atoms with Crippen molar-refractivity contribution in [2.45, 2.75) is 46.3 Å². The molecule has 0 saturated carbocycles. The number of nitrogens with one attached hydrogen (secondary N) is 1. The van der Waals surface area contributed by atoms with Crippen molar-refractivity contribution in [2.75, 3.05) is 5.32 Å². The summed E-state index contributed by atoms with van der Waals surface area (Å²) in [5.41, 5.74) is 1.08. The summed E-state index contributed by atoms with van der Waals surface area (Å²) in [5.74, 6) is -0.539. The third-order valence-corrected chi connectivity index (χ3v) is 7.05. The highest BCUT2D eigenvalue weighted by Gasteiger charge is 2.22. The van der Waals surface area contributed by atoms with Crippen molar-refractivity contribution in [3.8, 4) is 17.1 Å². The summed E-state index contributed by atoms with van der Waals surface area (Å²) in [4.78, 5) is 35.3. The largest absolute Gasteiger partial charge is 0.392 e. The van der Waals surface area contributed by atoms with Gasteiger partial charge in [-0.25, -0.2) is 14.4 Å². The minimum Gasteiger partial charge on any atom is -0.392 e. The molecule has 11 nitrogen and oxygen atoms in total. The summed E-state index contributed by atoms with van der Waals surface area (Å²) in [6.07, 6.45) is 8.09. The van der Waals surface area contributed by atoms with Gasteiger partial charge in [0.05, 0.1) is 36.6 Å². The molecule has 0 radical (unpaired) electrons. The molecule has 5 rings (SSSR count). The zero-order valence-electron chi connectivity index (χ0n) is 23.8. The lowest BCUT2D eigenvalue weighted by molar-refractivity contribution is -0.753. The van der Waals surface area contributed by atoms with E-state index in [0.29, 0.717) is 22.3 Å². The van der Waals surface area contributed by atoms with Crippen molar-refractivity contribution in [1.82, 2.24) is 29.0 Å². The molecule has 4 aromatic heterocycles.